The molecule has 14 heavy (non-hydrogen) atoms. The van der Waals surface area contributed by atoms with Gasteiger partial charge in [0.1, 0.15) is 11.6 Å². The first kappa shape index (κ1) is 16.6. The molecule has 0 bridgehead atoms. The van der Waals surface area contributed by atoms with Crippen LogP contribution in [0.4, 0.5) is 0 Å². The van der Waals surface area contributed by atoms with Gasteiger partial charge in [-0.1, -0.05) is 34.6 Å². The molecule has 3 heteroatoms. The largest absolute Gasteiger partial charge is 0.299 e. The fraction of sp³-hybridized carbons (Fsp3) is 0.818. The van der Waals surface area contributed by atoms with Crippen LogP contribution in [0.25, 0.3) is 0 Å². The summed E-state index contributed by atoms with van der Waals surface area (Å²) in [6, 6.07) is 0. The zero-order valence-electron chi connectivity index (χ0n) is 9.89. The van der Waals surface area contributed by atoms with E-state index < -0.39 is 0 Å². The number of ketones is 2. The molecule has 0 N–H and O–H groups in total. The van der Waals surface area contributed by atoms with Crippen molar-refractivity contribution in [1.29, 1.82) is 0 Å². The summed E-state index contributed by atoms with van der Waals surface area (Å²) in [5, 5.41) is 0. The summed E-state index contributed by atoms with van der Waals surface area (Å²) in [6.07, 6.45) is 0.567. The van der Waals surface area contributed by atoms with Crippen molar-refractivity contribution in [2.45, 2.75) is 47.5 Å². The van der Waals surface area contributed by atoms with Gasteiger partial charge in [-0.25, -0.2) is 0 Å². The van der Waals surface area contributed by atoms with Gasteiger partial charge in [0.25, 0.3) is 0 Å². The molecule has 0 aliphatic heterocycles. The second-order valence-corrected chi connectivity index (χ2v) is 4.62. The molecule has 0 aromatic rings. The average molecular weight is 229 g/mol. The first-order valence-corrected chi connectivity index (χ1v) is 4.83. The van der Waals surface area contributed by atoms with Gasteiger partial charge >= 0.3 is 0 Å². The monoisotopic (exact) mass is 229 g/mol. The number of carbonyl (C=O) groups is 2. The van der Waals surface area contributed by atoms with Gasteiger partial charge in [0.15, 0.2) is 0 Å². The number of rotatable bonds is 4. The fourth-order valence-electron chi connectivity index (χ4n) is 0.955. The van der Waals surface area contributed by atoms with Gasteiger partial charge in [-0.15, -0.1) is 0 Å². The molecule has 0 aliphatic carbocycles. The van der Waals surface area contributed by atoms with Crippen molar-refractivity contribution in [1.82, 2.24) is 0 Å². The van der Waals surface area contributed by atoms with E-state index in [0.717, 1.165) is 0 Å². The van der Waals surface area contributed by atoms with Gasteiger partial charge in [0.05, 0.1) is 6.42 Å². The Morgan fingerprint density at radius 1 is 1.21 bits per heavy atom. The molecule has 2 nitrogen and oxygen atoms in total. The van der Waals surface area contributed by atoms with Crippen molar-refractivity contribution in [3.8, 4) is 0 Å². The molecule has 0 aromatic carbocycles. The van der Waals surface area contributed by atoms with E-state index in [-0.39, 0.29) is 55.2 Å². The second kappa shape index (κ2) is 6.65. The molecule has 0 heterocycles. The van der Waals surface area contributed by atoms with Crippen LogP contribution in [-0.4, -0.2) is 11.6 Å². The molecular formula is C11H20O2Sc. The van der Waals surface area contributed by atoms with E-state index in [9.17, 15) is 9.59 Å². The van der Waals surface area contributed by atoms with E-state index in [2.05, 4.69) is 0 Å². The maximum atomic E-state index is 11.5. The molecule has 0 saturated carbocycles. The Bertz CT molecular complexity index is 204. The Morgan fingerprint density at radius 3 is 1.93 bits per heavy atom. The summed E-state index contributed by atoms with van der Waals surface area (Å²) < 4.78 is 0. The van der Waals surface area contributed by atoms with Crippen molar-refractivity contribution < 1.29 is 35.4 Å². The molecular weight excluding hydrogens is 209 g/mol. The van der Waals surface area contributed by atoms with Crippen molar-refractivity contribution >= 4 is 11.6 Å². The van der Waals surface area contributed by atoms with E-state index in [4.69, 9.17) is 0 Å². The Labute approximate surface area is 106 Å². The van der Waals surface area contributed by atoms with Gasteiger partial charge < -0.3 is 0 Å². The summed E-state index contributed by atoms with van der Waals surface area (Å²) in [5.74, 6) is 0.0726. The van der Waals surface area contributed by atoms with Gasteiger partial charge in [0.2, 0.25) is 0 Å². The van der Waals surface area contributed by atoms with Crippen molar-refractivity contribution in [2.24, 2.45) is 11.3 Å². The summed E-state index contributed by atoms with van der Waals surface area (Å²) in [4.78, 5) is 22.6. The number of Topliss-reactive ketones (excluding diaryl/α,β-unsaturated/α-hetero) is 2. The quantitative estimate of drug-likeness (QED) is 0.694. The summed E-state index contributed by atoms with van der Waals surface area (Å²) in [5.41, 5.74) is -0.0366. The van der Waals surface area contributed by atoms with E-state index >= 15 is 0 Å². The molecule has 0 aliphatic rings. The van der Waals surface area contributed by atoms with Crippen LogP contribution >= 0.6 is 0 Å². The smallest absolute Gasteiger partial charge is 0.143 e. The Kier molecular flexibility index (Phi) is 7.90. The molecule has 0 rings (SSSR count). The van der Waals surface area contributed by atoms with Crippen molar-refractivity contribution in [3.63, 3.8) is 0 Å². The van der Waals surface area contributed by atoms with Gasteiger partial charge in [-0.05, 0) is 5.41 Å². The molecule has 79 valence electrons. The van der Waals surface area contributed by atoms with E-state index in [0.29, 0.717) is 6.42 Å². The van der Waals surface area contributed by atoms with Crippen LogP contribution in [0.1, 0.15) is 47.5 Å². The zero-order chi connectivity index (χ0) is 10.6. The third-order valence-corrected chi connectivity index (χ3v) is 2.55. The molecule has 0 aromatic heterocycles. The minimum atomic E-state index is -0.0389. The number of hydrogen-bond acceptors (Lipinski definition) is 2. The van der Waals surface area contributed by atoms with Gasteiger partial charge in [-0.3, -0.25) is 9.59 Å². The van der Waals surface area contributed by atoms with Crippen LogP contribution in [-0.2, 0) is 35.4 Å². The number of hydrogen-bond donors (Lipinski definition) is 0. The molecule has 1 radical (unpaired) electrons. The molecule has 0 amide bonds. The predicted molar refractivity (Wildman–Crippen MR) is 53.5 cm³/mol. The summed E-state index contributed by atoms with van der Waals surface area (Å²) >= 11 is 0. The maximum absolute atomic E-state index is 11.5. The van der Waals surface area contributed by atoms with Crippen LogP contribution in [0.2, 0.25) is 0 Å². The summed E-state index contributed by atoms with van der Waals surface area (Å²) in [6.45, 7) is 9.74. The fourth-order valence-corrected chi connectivity index (χ4v) is 0.955. The Morgan fingerprint density at radius 2 is 1.64 bits per heavy atom. The van der Waals surface area contributed by atoms with Crippen molar-refractivity contribution in [3.05, 3.63) is 0 Å². The SMILES string of the molecule is CCC(=O)CC(=O)C(C)C(C)(C)C.[Sc]. The normalized spacial score (nSPS) is 12.9. The molecule has 1 atom stereocenters. The van der Waals surface area contributed by atoms with Gasteiger partial charge in [-0.2, -0.15) is 0 Å². The summed E-state index contributed by atoms with van der Waals surface area (Å²) in [7, 11) is 0. The standard InChI is InChI=1S/C11H20O2.Sc/c1-6-9(12)7-10(13)8(2)11(3,4)5;/h8H,6-7H2,1-5H3;. The molecule has 1 unspecified atom stereocenters. The minimum absolute atomic E-state index is 0. The maximum Gasteiger partial charge on any atom is 0.143 e. The molecule has 0 saturated heterocycles. The minimum Gasteiger partial charge on any atom is -0.299 e. The van der Waals surface area contributed by atoms with Crippen LogP contribution in [0, 0.1) is 11.3 Å². The van der Waals surface area contributed by atoms with Crippen LogP contribution < -0.4 is 0 Å². The van der Waals surface area contributed by atoms with E-state index in [1.165, 1.54) is 0 Å². The first-order valence-electron chi connectivity index (χ1n) is 4.83. The molecule has 0 fully saturated rings. The topological polar surface area (TPSA) is 34.1 Å². The number of carbonyl (C=O) groups excluding carboxylic acids is 2. The third-order valence-electron chi connectivity index (χ3n) is 2.55. The predicted octanol–water partition coefficient (Wildman–Crippen LogP) is 2.60. The average Bonchev–Trinajstić information content (AvgIpc) is 2.01. The Balaban J connectivity index is 0. The second-order valence-electron chi connectivity index (χ2n) is 4.62. The van der Waals surface area contributed by atoms with Crippen molar-refractivity contribution in [2.75, 3.05) is 0 Å². The first-order chi connectivity index (χ1) is 5.79. The van der Waals surface area contributed by atoms with Crippen LogP contribution in [0.5, 0.6) is 0 Å². The van der Waals surface area contributed by atoms with Crippen LogP contribution in [0.15, 0.2) is 0 Å². The van der Waals surface area contributed by atoms with Crippen LogP contribution in [0.3, 0.4) is 0 Å². The van der Waals surface area contributed by atoms with E-state index in [1.54, 1.807) is 6.92 Å². The Hall–Kier alpha value is 0.210. The third kappa shape index (κ3) is 5.84. The molecule has 0 spiro atoms. The zero-order valence-corrected chi connectivity index (χ0v) is 11.7. The van der Waals surface area contributed by atoms with E-state index in [1.807, 2.05) is 27.7 Å². The van der Waals surface area contributed by atoms with Gasteiger partial charge in [0, 0.05) is 38.2 Å².